The molecule has 0 spiro atoms. The highest BCUT2D eigenvalue weighted by Gasteiger charge is 2.30. The lowest BCUT2D eigenvalue weighted by molar-refractivity contribution is -0.139. The Balaban J connectivity index is 1.23. The monoisotopic (exact) mass is 608 g/mol. The summed E-state index contributed by atoms with van der Waals surface area (Å²) >= 11 is 13.1. The van der Waals surface area contributed by atoms with E-state index in [4.69, 9.17) is 23.2 Å². The van der Waals surface area contributed by atoms with E-state index in [2.05, 4.69) is 16.0 Å². The summed E-state index contributed by atoms with van der Waals surface area (Å²) < 4.78 is 0. The molecule has 2 aliphatic rings. The van der Waals surface area contributed by atoms with Crippen LogP contribution >= 0.6 is 23.2 Å². The number of hydrogen-bond acceptors (Lipinski definition) is 4. The Morgan fingerprint density at radius 1 is 1.02 bits per heavy atom. The lowest BCUT2D eigenvalue weighted by atomic mass is 9.95. The molecule has 0 radical (unpaired) electrons. The Morgan fingerprint density at radius 2 is 1.81 bits per heavy atom. The van der Waals surface area contributed by atoms with Gasteiger partial charge in [0.05, 0.1) is 28.2 Å². The Bertz CT molecular complexity index is 1580. The summed E-state index contributed by atoms with van der Waals surface area (Å²) in [7, 11) is 0. The predicted molar refractivity (Wildman–Crippen MR) is 159 cm³/mol. The van der Waals surface area contributed by atoms with Crippen LogP contribution in [0.15, 0.2) is 54.6 Å². The van der Waals surface area contributed by atoms with Crippen LogP contribution in [0.2, 0.25) is 10.0 Å². The molecule has 0 fully saturated rings. The first-order chi connectivity index (χ1) is 20.1. The number of carboxylic acid groups (broad SMARTS) is 1. The van der Waals surface area contributed by atoms with Gasteiger partial charge in [-0.3, -0.25) is 9.59 Å². The number of nitrogens with zero attached hydrogens (tertiary/aromatic N) is 1. The summed E-state index contributed by atoms with van der Waals surface area (Å²) in [6.07, 6.45) is 1.99. The van der Waals surface area contributed by atoms with E-state index in [0.717, 1.165) is 29.5 Å². The number of nitrogens with one attached hydrogen (secondary N) is 3. The van der Waals surface area contributed by atoms with Crippen molar-refractivity contribution in [1.82, 2.24) is 20.9 Å². The largest absolute Gasteiger partial charge is 0.480 e. The summed E-state index contributed by atoms with van der Waals surface area (Å²) in [6, 6.07) is 14.6. The van der Waals surface area contributed by atoms with Crippen molar-refractivity contribution in [2.45, 2.75) is 44.8 Å². The van der Waals surface area contributed by atoms with Crippen molar-refractivity contribution in [3.05, 3.63) is 104 Å². The second kappa shape index (κ2) is 12.4. The molecule has 9 nitrogen and oxygen atoms in total. The van der Waals surface area contributed by atoms with Gasteiger partial charge in [-0.15, -0.1) is 0 Å². The van der Waals surface area contributed by atoms with Gasteiger partial charge in [-0.05, 0) is 66.6 Å². The van der Waals surface area contributed by atoms with E-state index in [1.54, 1.807) is 17.0 Å². The molecule has 42 heavy (non-hydrogen) atoms. The fourth-order valence-electron chi connectivity index (χ4n) is 5.54. The number of fused-ring (bicyclic) bond motifs is 2. The van der Waals surface area contributed by atoms with Gasteiger partial charge in [0, 0.05) is 18.7 Å². The zero-order valence-corrected chi connectivity index (χ0v) is 24.4. The van der Waals surface area contributed by atoms with Crippen LogP contribution in [0.25, 0.3) is 0 Å². The highest BCUT2D eigenvalue weighted by molar-refractivity contribution is 6.40. The molecule has 218 valence electrons. The first kappa shape index (κ1) is 29.4. The average molecular weight is 610 g/mol. The SMILES string of the molecule is Cc1cccc(C(=O)N2CCc3c(cc(Cl)c(C(=O)N[C@@H](CNC(=O)N[C@@H]4CCc5ccccc54)C(=O)O)c3Cl)C2)c1. The highest BCUT2D eigenvalue weighted by atomic mass is 35.5. The van der Waals surface area contributed by atoms with Crippen molar-refractivity contribution in [3.63, 3.8) is 0 Å². The molecule has 4 amide bonds. The van der Waals surface area contributed by atoms with Crippen molar-refractivity contribution < 1.29 is 24.3 Å². The van der Waals surface area contributed by atoms with Crippen LogP contribution in [0.4, 0.5) is 4.79 Å². The quantitative estimate of drug-likeness (QED) is 0.310. The zero-order valence-electron chi connectivity index (χ0n) is 22.9. The van der Waals surface area contributed by atoms with Gasteiger partial charge in [0.25, 0.3) is 11.8 Å². The topological polar surface area (TPSA) is 128 Å². The molecule has 3 aromatic rings. The number of carbonyl (C=O) groups is 4. The molecule has 5 rings (SSSR count). The van der Waals surface area contributed by atoms with Crippen LogP contribution in [0.5, 0.6) is 0 Å². The van der Waals surface area contributed by atoms with Gasteiger partial charge in [0.15, 0.2) is 0 Å². The maximum atomic E-state index is 13.2. The first-order valence-corrected chi connectivity index (χ1v) is 14.4. The van der Waals surface area contributed by atoms with Crippen LogP contribution in [0.1, 0.15) is 61.0 Å². The van der Waals surface area contributed by atoms with Gasteiger partial charge in [0.1, 0.15) is 6.04 Å². The molecule has 0 saturated carbocycles. The fraction of sp³-hybridized carbons (Fsp3) is 0.290. The van der Waals surface area contributed by atoms with Gasteiger partial charge in [-0.1, -0.05) is 65.2 Å². The number of carboxylic acids is 1. The minimum Gasteiger partial charge on any atom is -0.480 e. The van der Waals surface area contributed by atoms with Gasteiger partial charge in [-0.25, -0.2) is 9.59 Å². The molecule has 4 N–H and O–H groups in total. The van der Waals surface area contributed by atoms with Crippen LogP contribution < -0.4 is 16.0 Å². The molecule has 0 aromatic heterocycles. The van der Waals surface area contributed by atoms with Crippen molar-refractivity contribution in [2.75, 3.05) is 13.1 Å². The van der Waals surface area contributed by atoms with Crippen LogP contribution in [-0.4, -0.2) is 53.0 Å². The van der Waals surface area contributed by atoms with E-state index in [1.165, 1.54) is 5.56 Å². The van der Waals surface area contributed by atoms with Crippen LogP contribution in [0.3, 0.4) is 0 Å². The lowest BCUT2D eigenvalue weighted by Crippen LogP contribution is -2.50. The number of aryl methyl sites for hydroxylation is 2. The van der Waals surface area contributed by atoms with Gasteiger partial charge in [-0.2, -0.15) is 0 Å². The third-order valence-corrected chi connectivity index (χ3v) is 8.41. The van der Waals surface area contributed by atoms with E-state index in [9.17, 15) is 24.3 Å². The van der Waals surface area contributed by atoms with Gasteiger partial charge in [0.2, 0.25) is 0 Å². The number of urea groups is 1. The van der Waals surface area contributed by atoms with E-state index in [1.807, 2.05) is 49.4 Å². The second-order valence-electron chi connectivity index (χ2n) is 10.5. The molecule has 0 saturated heterocycles. The summed E-state index contributed by atoms with van der Waals surface area (Å²) in [5.74, 6) is -2.22. The average Bonchev–Trinajstić information content (AvgIpc) is 3.36. The fourth-order valence-corrected chi connectivity index (χ4v) is 6.30. The molecule has 3 aromatic carbocycles. The third kappa shape index (κ3) is 6.22. The van der Waals surface area contributed by atoms with Crippen molar-refractivity contribution in [1.29, 1.82) is 0 Å². The number of halogens is 2. The number of rotatable bonds is 7. The number of hydrogen-bond donors (Lipinski definition) is 4. The number of aliphatic carboxylic acids is 1. The molecule has 11 heteroatoms. The van der Waals surface area contributed by atoms with E-state index in [0.29, 0.717) is 24.1 Å². The van der Waals surface area contributed by atoms with Gasteiger partial charge < -0.3 is 26.0 Å². The van der Waals surface area contributed by atoms with Gasteiger partial charge >= 0.3 is 12.0 Å². The maximum absolute atomic E-state index is 13.2. The minimum absolute atomic E-state index is 0.0378. The van der Waals surface area contributed by atoms with Crippen LogP contribution in [-0.2, 0) is 24.2 Å². The smallest absolute Gasteiger partial charge is 0.328 e. The Hall–Kier alpha value is -4.08. The van der Waals surface area contributed by atoms with E-state index in [-0.39, 0.29) is 40.6 Å². The minimum atomic E-state index is -1.43. The summed E-state index contributed by atoms with van der Waals surface area (Å²) in [5, 5.41) is 17.7. The Kier molecular flexibility index (Phi) is 8.70. The Morgan fingerprint density at radius 3 is 2.57 bits per heavy atom. The molecule has 2 atom stereocenters. The second-order valence-corrected chi connectivity index (χ2v) is 11.3. The third-order valence-electron chi connectivity index (χ3n) is 7.69. The predicted octanol–water partition coefficient (Wildman–Crippen LogP) is 4.67. The first-order valence-electron chi connectivity index (χ1n) is 13.6. The normalized spacial score (nSPS) is 16.2. The molecule has 1 aliphatic heterocycles. The lowest BCUT2D eigenvalue weighted by Gasteiger charge is -2.30. The number of carbonyl (C=O) groups excluding carboxylic acids is 3. The number of benzene rings is 3. The molecule has 0 bridgehead atoms. The summed E-state index contributed by atoms with van der Waals surface area (Å²) in [5.41, 5.74) is 5.12. The van der Waals surface area contributed by atoms with Crippen molar-refractivity contribution >= 4 is 47.0 Å². The highest BCUT2D eigenvalue weighted by Crippen LogP contribution is 2.35. The molecular weight excluding hydrogens is 579 g/mol. The Labute approximate surface area is 253 Å². The molecule has 1 aliphatic carbocycles. The van der Waals surface area contributed by atoms with Crippen molar-refractivity contribution in [2.24, 2.45) is 0 Å². The number of amides is 4. The summed E-state index contributed by atoms with van der Waals surface area (Å²) in [6.45, 7) is 2.23. The molecular formula is C31H30Cl2N4O5. The summed E-state index contributed by atoms with van der Waals surface area (Å²) in [4.78, 5) is 52.4. The standard InChI is InChI=1S/C31H30Cl2N4O5/c1-17-5-4-7-19(13-17)29(39)37-12-11-22-20(16-37)14-23(32)26(27(22)33)28(38)35-25(30(40)41)15-34-31(42)36-24-10-9-18-6-2-3-8-21(18)24/h2-8,13-14,24-25H,9-12,15-16H2,1H3,(H,35,38)(H,40,41)(H2,34,36,42)/t24-,25+/m1/s1. The van der Waals surface area contributed by atoms with Crippen LogP contribution in [0, 0.1) is 6.92 Å². The molecule has 0 unspecified atom stereocenters. The maximum Gasteiger partial charge on any atom is 0.328 e. The zero-order chi connectivity index (χ0) is 30.0. The van der Waals surface area contributed by atoms with E-state index < -0.39 is 23.9 Å². The van der Waals surface area contributed by atoms with Crippen molar-refractivity contribution in [3.8, 4) is 0 Å². The van der Waals surface area contributed by atoms with E-state index >= 15 is 0 Å². The molecule has 1 heterocycles.